The summed E-state index contributed by atoms with van der Waals surface area (Å²) in [5.74, 6) is -0.310. The van der Waals surface area contributed by atoms with Crippen LogP contribution in [0.2, 0.25) is 5.02 Å². The van der Waals surface area contributed by atoms with Crippen LogP contribution in [0.5, 0.6) is 0 Å². The van der Waals surface area contributed by atoms with Crippen LogP contribution in [0.25, 0.3) is 11.3 Å². The normalized spacial score (nSPS) is 10.5. The summed E-state index contributed by atoms with van der Waals surface area (Å²) in [6.07, 6.45) is 0.953. The minimum atomic E-state index is -0.538. The quantitative estimate of drug-likeness (QED) is 0.645. The summed E-state index contributed by atoms with van der Waals surface area (Å²) in [7, 11) is 1.32. The Morgan fingerprint density at radius 1 is 1.24 bits per heavy atom. The van der Waals surface area contributed by atoms with Crippen LogP contribution in [0, 0.1) is 0 Å². The number of aromatic nitrogens is 1. The van der Waals surface area contributed by atoms with Gasteiger partial charge in [0.05, 0.1) is 7.11 Å². The molecule has 1 heterocycles. The molecule has 0 radical (unpaired) electrons. The van der Waals surface area contributed by atoms with Crippen molar-refractivity contribution in [2.75, 3.05) is 12.4 Å². The number of carbonyl (C=O) groups is 1. The van der Waals surface area contributed by atoms with E-state index in [9.17, 15) is 4.79 Å². The standard InChI is InChI=1S/C19H17ClN2O3/c1-3-12-7-9-15(10-8-12)21-18-16(19(23)24-2)17(22-25-18)13-5-4-6-14(20)11-13/h4-11,21H,3H2,1-2H3. The number of ether oxygens (including phenoxy) is 1. The topological polar surface area (TPSA) is 64.4 Å². The van der Waals surface area contributed by atoms with Gasteiger partial charge in [-0.3, -0.25) is 0 Å². The zero-order chi connectivity index (χ0) is 17.8. The molecule has 3 aromatic rings. The second kappa shape index (κ2) is 7.40. The van der Waals surface area contributed by atoms with Gasteiger partial charge in [-0.05, 0) is 36.2 Å². The minimum absolute atomic E-state index is 0.226. The molecule has 0 atom stereocenters. The summed E-state index contributed by atoms with van der Waals surface area (Å²) in [4.78, 5) is 12.3. The van der Waals surface area contributed by atoms with Crippen molar-refractivity contribution in [2.24, 2.45) is 0 Å². The number of esters is 1. The summed E-state index contributed by atoms with van der Waals surface area (Å²) < 4.78 is 10.3. The summed E-state index contributed by atoms with van der Waals surface area (Å²) in [6.45, 7) is 2.09. The summed E-state index contributed by atoms with van der Waals surface area (Å²) in [5, 5.41) is 7.65. The molecule has 0 aliphatic carbocycles. The lowest BCUT2D eigenvalue weighted by atomic mass is 10.1. The highest BCUT2D eigenvalue weighted by Crippen LogP contribution is 2.32. The number of carbonyl (C=O) groups excluding carboxylic acids is 1. The van der Waals surface area contributed by atoms with E-state index >= 15 is 0 Å². The van der Waals surface area contributed by atoms with E-state index in [1.807, 2.05) is 24.3 Å². The molecule has 25 heavy (non-hydrogen) atoms. The number of halogens is 1. The number of anilines is 2. The van der Waals surface area contributed by atoms with Crippen molar-refractivity contribution < 1.29 is 14.1 Å². The third-order valence-corrected chi connectivity index (χ3v) is 4.03. The van der Waals surface area contributed by atoms with Crippen LogP contribution < -0.4 is 5.32 Å². The molecule has 3 rings (SSSR count). The molecule has 0 saturated heterocycles. The maximum absolute atomic E-state index is 12.3. The van der Waals surface area contributed by atoms with Gasteiger partial charge in [-0.25, -0.2) is 4.79 Å². The minimum Gasteiger partial charge on any atom is -0.465 e. The number of methoxy groups -OCH3 is 1. The van der Waals surface area contributed by atoms with E-state index in [0.717, 1.165) is 12.1 Å². The number of nitrogens with zero attached hydrogens (tertiary/aromatic N) is 1. The van der Waals surface area contributed by atoms with E-state index in [4.69, 9.17) is 20.9 Å². The molecule has 0 amide bonds. The maximum atomic E-state index is 12.3. The molecule has 0 fully saturated rings. The Morgan fingerprint density at radius 2 is 2.00 bits per heavy atom. The third-order valence-electron chi connectivity index (χ3n) is 3.80. The molecule has 0 bridgehead atoms. The molecule has 5 nitrogen and oxygen atoms in total. The van der Waals surface area contributed by atoms with Crippen LogP contribution in [0.1, 0.15) is 22.8 Å². The Kier molecular flexibility index (Phi) is 5.05. The fourth-order valence-electron chi connectivity index (χ4n) is 2.45. The lowest BCUT2D eigenvalue weighted by Gasteiger charge is -2.06. The van der Waals surface area contributed by atoms with Crippen molar-refractivity contribution in [3.8, 4) is 11.3 Å². The summed E-state index contributed by atoms with van der Waals surface area (Å²) in [6, 6.07) is 14.9. The number of hydrogen-bond donors (Lipinski definition) is 1. The van der Waals surface area contributed by atoms with E-state index in [-0.39, 0.29) is 11.4 Å². The van der Waals surface area contributed by atoms with Crippen LogP contribution in [0.4, 0.5) is 11.6 Å². The zero-order valence-corrected chi connectivity index (χ0v) is 14.6. The predicted octanol–water partition coefficient (Wildman–Crippen LogP) is 5.09. The van der Waals surface area contributed by atoms with E-state index in [0.29, 0.717) is 16.3 Å². The highest BCUT2D eigenvalue weighted by Gasteiger charge is 2.25. The van der Waals surface area contributed by atoms with Gasteiger partial charge >= 0.3 is 5.97 Å². The van der Waals surface area contributed by atoms with Crippen molar-refractivity contribution >= 4 is 29.1 Å². The first-order valence-corrected chi connectivity index (χ1v) is 8.20. The van der Waals surface area contributed by atoms with Crippen LogP contribution in [-0.2, 0) is 11.2 Å². The molecule has 0 saturated carbocycles. The molecular formula is C19H17ClN2O3. The van der Waals surface area contributed by atoms with Crippen molar-refractivity contribution in [3.63, 3.8) is 0 Å². The molecule has 128 valence electrons. The number of hydrogen-bond acceptors (Lipinski definition) is 5. The van der Waals surface area contributed by atoms with Crippen LogP contribution in [0.3, 0.4) is 0 Å². The maximum Gasteiger partial charge on any atom is 0.345 e. The fourth-order valence-corrected chi connectivity index (χ4v) is 2.64. The SMILES string of the molecule is CCc1ccc(Nc2onc(-c3cccc(Cl)c3)c2C(=O)OC)cc1. The molecule has 0 aliphatic rings. The Morgan fingerprint density at radius 3 is 2.64 bits per heavy atom. The Balaban J connectivity index is 2.00. The summed E-state index contributed by atoms with van der Waals surface area (Å²) >= 11 is 6.04. The lowest BCUT2D eigenvalue weighted by molar-refractivity contribution is 0.0602. The van der Waals surface area contributed by atoms with Gasteiger partial charge in [0.2, 0.25) is 5.88 Å². The third kappa shape index (κ3) is 3.67. The second-order valence-corrected chi connectivity index (χ2v) is 5.85. The average molecular weight is 357 g/mol. The largest absolute Gasteiger partial charge is 0.465 e. The first-order chi connectivity index (χ1) is 12.1. The van der Waals surface area contributed by atoms with Crippen molar-refractivity contribution in [1.82, 2.24) is 5.16 Å². The molecule has 6 heteroatoms. The van der Waals surface area contributed by atoms with Gasteiger partial charge in [0, 0.05) is 16.3 Å². The van der Waals surface area contributed by atoms with Crippen LogP contribution in [0.15, 0.2) is 53.1 Å². The zero-order valence-electron chi connectivity index (χ0n) is 13.9. The highest BCUT2D eigenvalue weighted by molar-refractivity contribution is 6.30. The van der Waals surface area contributed by atoms with Gasteiger partial charge in [0.15, 0.2) is 5.56 Å². The second-order valence-electron chi connectivity index (χ2n) is 5.41. The number of rotatable bonds is 5. The molecule has 0 spiro atoms. The monoisotopic (exact) mass is 356 g/mol. The highest BCUT2D eigenvalue weighted by atomic mass is 35.5. The number of nitrogens with one attached hydrogen (secondary N) is 1. The van der Waals surface area contributed by atoms with Gasteiger partial charge in [-0.1, -0.05) is 47.9 Å². The number of aryl methyl sites for hydroxylation is 1. The Labute approximate surface area is 150 Å². The molecule has 2 aromatic carbocycles. The fraction of sp³-hybridized carbons (Fsp3) is 0.158. The molecule has 1 N–H and O–H groups in total. The predicted molar refractivity (Wildman–Crippen MR) is 97.4 cm³/mol. The first-order valence-electron chi connectivity index (χ1n) is 7.82. The van der Waals surface area contributed by atoms with E-state index in [2.05, 4.69) is 17.4 Å². The van der Waals surface area contributed by atoms with Crippen molar-refractivity contribution in [3.05, 3.63) is 64.7 Å². The van der Waals surface area contributed by atoms with Gasteiger partial charge in [-0.15, -0.1) is 0 Å². The lowest BCUT2D eigenvalue weighted by Crippen LogP contribution is -2.05. The Bertz CT molecular complexity index is 888. The van der Waals surface area contributed by atoms with Crippen molar-refractivity contribution in [2.45, 2.75) is 13.3 Å². The van der Waals surface area contributed by atoms with Crippen LogP contribution >= 0.6 is 11.6 Å². The number of benzene rings is 2. The molecule has 0 unspecified atom stereocenters. The van der Waals surface area contributed by atoms with E-state index in [1.165, 1.54) is 12.7 Å². The van der Waals surface area contributed by atoms with Crippen LogP contribution in [-0.4, -0.2) is 18.2 Å². The molecular weight excluding hydrogens is 340 g/mol. The Hall–Kier alpha value is -2.79. The van der Waals surface area contributed by atoms with E-state index in [1.54, 1.807) is 24.3 Å². The van der Waals surface area contributed by atoms with Gasteiger partial charge in [0.1, 0.15) is 5.69 Å². The van der Waals surface area contributed by atoms with Gasteiger partial charge in [-0.2, -0.15) is 0 Å². The average Bonchev–Trinajstić information content (AvgIpc) is 3.05. The van der Waals surface area contributed by atoms with E-state index < -0.39 is 5.97 Å². The molecule has 1 aromatic heterocycles. The van der Waals surface area contributed by atoms with Gasteiger partial charge in [0.25, 0.3) is 0 Å². The van der Waals surface area contributed by atoms with Gasteiger partial charge < -0.3 is 14.6 Å². The smallest absolute Gasteiger partial charge is 0.345 e. The summed E-state index contributed by atoms with van der Waals surface area (Å²) in [5.41, 5.74) is 3.28. The first kappa shape index (κ1) is 17.0. The van der Waals surface area contributed by atoms with Crippen molar-refractivity contribution in [1.29, 1.82) is 0 Å². The molecule has 0 aliphatic heterocycles.